The lowest BCUT2D eigenvalue weighted by molar-refractivity contribution is -0.118. The Morgan fingerprint density at radius 1 is 1.19 bits per heavy atom. The third-order valence-electron chi connectivity index (χ3n) is 5.97. The molecule has 0 bridgehead atoms. The van der Waals surface area contributed by atoms with Crippen molar-refractivity contribution >= 4 is 21.6 Å². The second kappa shape index (κ2) is 7.85. The summed E-state index contributed by atoms with van der Waals surface area (Å²) in [5, 5.41) is 2.60. The monoisotopic (exact) mass is 446 g/mol. The number of fused-ring (bicyclic) bond motifs is 2. The maximum absolute atomic E-state index is 14.1. The summed E-state index contributed by atoms with van der Waals surface area (Å²) in [4.78, 5) is 18.3. The van der Waals surface area contributed by atoms with E-state index in [1.807, 2.05) is 4.90 Å². The van der Waals surface area contributed by atoms with Gasteiger partial charge >= 0.3 is 0 Å². The second-order valence-electron chi connectivity index (χ2n) is 8.14. The molecule has 0 spiro atoms. The minimum absolute atomic E-state index is 0.135. The predicted molar refractivity (Wildman–Crippen MR) is 113 cm³/mol. The van der Waals surface area contributed by atoms with Crippen LogP contribution >= 0.6 is 0 Å². The van der Waals surface area contributed by atoms with Gasteiger partial charge in [0.1, 0.15) is 12.4 Å². The Hall–Kier alpha value is -2.56. The molecule has 8 nitrogen and oxygen atoms in total. The number of hydrogen-bond acceptors (Lipinski definition) is 6. The Morgan fingerprint density at radius 3 is 2.81 bits per heavy atom. The topological polar surface area (TPSA) is 91.8 Å². The fraction of sp³-hybridized carbons (Fsp3) is 0.429. The Kier molecular flexibility index (Phi) is 5.15. The van der Waals surface area contributed by atoms with Crippen molar-refractivity contribution in [2.45, 2.75) is 24.1 Å². The lowest BCUT2D eigenvalue weighted by Gasteiger charge is -2.39. The molecule has 1 saturated carbocycles. The van der Waals surface area contributed by atoms with Crippen LogP contribution in [0, 0.1) is 5.95 Å². The number of rotatable bonds is 3. The number of carbonyl (C=O) groups is 1. The van der Waals surface area contributed by atoms with Gasteiger partial charge in [0, 0.05) is 31.4 Å². The van der Waals surface area contributed by atoms with Gasteiger partial charge in [0.25, 0.3) is 0 Å². The molecule has 2 aromatic rings. The average Bonchev–Trinajstić information content (AvgIpc) is 3.59. The highest BCUT2D eigenvalue weighted by Gasteiger charge is 2.43. The summed E-state index contributed by atoms with van der Waals surface area (Å²) in [6, 6.07) is 8.11. The molecule has 5 rings (SSSR count). The second-order valence-corrected chi connectivity index (χ2v) is 10.4. The van der Waals surface area contributed by atoms with Crippen LogP contribution in [0.15, 0.2) is 36.5 Å². The van der Waals surface area contributed by atoms with Crippen molar-refractivity contribution in [1.82, 2.24) is 14.2 Å². The van der Waals surface area contributed by atoms with Crippen LogP contribution in [0.2, 0.25) is 0 Å². The van der Waals surface area contributed by atoms with Crippen molar-refractivity contribution in [2.24, 2.45) is 0 Å². The van der Waals surface area contributed by atoms with Crippen molar-refractivity contribution in [3.05, 3.63) is 42.5 Å². The molecule has 0 radical (unpaired) electrons. The maximum Gasteiger partial charge on any atom is 0.238 e. The number of sulfonamides is 1. The zero-order valence-electron chi connectivity index (χ0n) is 16.8. The molecule has 2 fully saturated rings. The SMILES string of the molecule is O=C1CN2CCN(S(=O)(=O)C3CC3)C[C@@H]2COc2ccc(-c3cccnc3F)cc2N1. The first-order valence-electron chi connectivity index (χ1n) is 10.3. The van der Waals surface area contributed by atoms with E-state index in [0.29, 0.717) is 42.2 Å². The Labute approximate surface area is 180 Å². The lowest BCUT2D eigenvalue weighted by atomic mass is 10.1. The third kappa shape index (κ3) is 4.02. The summed E-state index contributed by atoms with van der Waals surface area (Å²) in [5.41, 5.74) is 1.36. The van der Waals surface area contributed by atoms with E-state index in [1.165, 1.54) is 6.20 Å². The number of nitrogens with one attached hydrogen (secondary N) is 1. The van der Waals surface area contributed by atoms with Crippen LogP contribution in [-0.2, 0) is 14.8 Å². The summed E-state index contributed by atoms with van der Waals surface area (Å²) in [6.07, 6.45) is 2.82. The van der Waals surface area contributed by atoms with Gasteiger partial charge in [0.05, 0.1) is 23.5 Å². The number of aromatic nitrogens is 1. The summed E-state index contributed by atoms with van der Waals surface area (Å²) in [5.74, 6) is -0.351. The van der Waals surface area contributed by atoms with Gasteiger partial charge in [-0.1, -0.05) is 6.07 Å². The highest BCUT2D eigenvalue weighted by molar-refractivity contribution is 7.90. The minimum atomic E-state index is -3.27. The fourth-order valence-corrected chi connectivity index (χ4v) is 5.99. The molecule has 2 aliphatic heterocycles. The van der Waals surface area contributed by atoms with E-state index in [0.717, 1.165) is 12.8 Å². The molecule has 3 heterocycles. The first kappa shape index (κ1) is 20.3. The van der Waals surface area contributed by atoms with Crippen LogP contribution in [0.5, 0.6) is 5.75 Å². The standard InChI is InChI=1S/C21H23FN4O4S/c22-21-17(2-1-7-23-21)14-3-6-19-18(10-14)24-20(27)12-25-8-9-26(11-15(25)13-30-19)31(28,29)16-4-5-16/h1-3,6-7,10,15-16H,4-5,8-9,11-13H2,(H,24,27)/t15-/m1/s1. The van der Waals surface area contributed by atoms with Gasteiger partial charge in [-0.25, -0.2) is 13.4 Å². The van der Waals surface area contributed by atoms with E-state index >= 15 is 0 Å². The minimum Gasteiger partial charge on any atom is -0.490 e. The number of amides is 1. The molecular formula is C21H23FN4O4S. The zero-order valence-corrected chi connectivity index (χ0v) is 17.6. The molecule has 1 atom stereocenters. The number of benzene rings is 1. The van der Waals surface area contributed by atoms with E-state index in [2.05, 4.69) is 10.3 Å². The normalized spacial score (nSPS) is 22.9. The summed E-state index contributed by atoms with van der Waals surface area (Å²) < 4.78 is 47.0. The van der Waals surface area contributed by atoms with Gasteiger partial charge in [-0.3, -0.25) is 9.69 Å². The van der Waals surface area contributed by atoms with E-state index in [4.69, 9.17) is 4.74 Å². The van der Waals surface area contributed by atoms with E-state index in [1.54, 1.807) is 34.6 Å². The molecule has 1 aromatic heterocycles. The number of anilines is 1. The number of carbonyl (C=O) groups excluding carboxylic acids is 1. The van der Waals surface area contributed by atoms with Gasteiger partial charge in [-0.15, -0.1) is 0 Å². The third-order valence-corrected chi connectivity index (χ3v) is 8.34. The lowest BCUT2D eigenvalue weighted by Crippen LogP contribution is -2.58. The number of pyridine rings is 1. The molecule has 164 valence electrons. The number of piperazine rings is 1. The van der Waals surface area contributed by atoms with E-state index < -0.39 is 16.0 Å². The van der Waals surface area contributed by atoms with Crippen LogP contribution in [0.3, 0.4) is 0 Å². The number of nitrogens with zero attached hydrogens (tertiary/aromatic N) is 3. The zero-order chi connectivity index (χ0) is 21.6. The molecule has 1 aliphatic carbocycles. The Balaban J connectivity index is 1.40. The molecule has 1 saturated heterocycles. The summed E-state index contributed by atoms with van der Waals surface area (Å²) in [7, 11) is -3.27. The Morgan fingerprint density at radius 2 is 2.03 bits per heavy atom. The maximum atomic E-state index is 14.1. The van der Waals surface area contributed by atoms with E-state index in [-0.39, 0.29) is 30.4 Å². The number of halogens is 1. The van der Waals surface area contributed by atoms with Crippen LogP contribution < -0.4 is 10.1 Å². The molecule has 1 N–H and O–H groups in total. The van der Waals surface area contributed by atoms with Crippen LogP contribution in [0.4, 0.5) is 10.1 Å². The molecule has 3 aliphatic rings. The van der Waals surface area contributed by atoms with Gasteiger partial charge in [0.15, 0.2) is 0 Å². The van der Waals surface area contributed by atoms with Crippen molar-refractivity contribution in [3.63, 3.8) is 0 Å². The quantitative estimate of drug-likeness (QED) is 0.722. The van der Waals surface area contributed by atoms with Crippen molar-refractivity contribution in [2.75, 3.05) is 38.1 Å². The van der Waals surface area contributed by atoms with Crippen molar-refractivity contribution in [3.8, 4) is 16.9 Å². The highest BCUT2D eigenvalue weighted by Crippen LogP contribution is 2.34. The smallest absolute Gasteiger partial charge is 0.238 e. The van der Waals surface area contributed by atoms with Gasteiger partial charge < -0.3 is 10.1 Å². The summed E-state index contributed by atoms with van der Waals surface area (Å²) in [6.45, 7) is 1.53. The average molecular weight is 447 g/mol. The largest absolute Gasteiger partial charge is 0.490 e. The van der Waals surface area contributed by atoms with Gasteiger partial charge in [0.2, 0.25) is 21.9 Å². The molecular weight excluding hydrogens is 423 g/mol. The number of ether oxygens (including phenoxy) is 1. The molecule has 1 amide bonds. The van der Waals surface area contributed by atoms with E-state index in [9.17, 15) is 17.6 Å². The van der Waals surface area contributed by atoms with Crippen molar-refractivity contribution < 1.29 is 22.3 Å². The fourth-order valence-electron chi connectivity index (χ4n) is 4.12. The highest BCUT2D eigenvalue weighted by atomic mass is 32.2. The summed E-state index contributed by atoms with van der Waals surface area (Å²) >= 11 is 0. The van der Waals surface area contributed by atoms with Crippen LogP contribution in [0.1, 0.15) is 12.8 Å². The van der Waals surface area contributed by atoms with Crippen LogP contribution in [0.25, 0.3) is 11.1 Å². The number of hydrogen-bond donors (Lipinski definition) is 1. The first-order valence-corrected chi connectivity index (χ1v) is 11.8. The Bertz CT molecular complexity index is 1120. The molecule has 10 heteroatoms. The predicted octanol–water partition coefficient (Wildman–Crippen LogP) is 1.70. The molecule has 31 heavy (non-hydrogen) atoms. The molecule has 0 unspecified atom stereocenters. The van der Waals surface area contributed by atoms with Crippen molar-refractivity contribution in [1.29, 1.82) is 0 Å². The van der Waals surface area contributed by atoms with Gasteiger partial charge in [-0.2, -0.15) is 8.70 Å². The first-order chi connectivity index (χ1) is 14.9. The molecule has 1 aromatic carbocycles. The van der Waals surface area contributed by atoms with Crippen LogP contribution in [-0.4, -0.2) is 72.6 Å². The van der Waals surface area contributed by atoms with Gasteiger partial charge in [-0.05, 0) is 42.7 Å².